The number of rotatable bonds is 6. The molecule has 9 nitrogen and oxygen atoms in total. The fourth-order valence-corrected chi connectivity index (χ4v) is 3.45. The maximum absolute atomic E-state index is 12.3. The number of aliphatic hydroxyl groups excluding tert-OH is 1. The Morgan fingerprint density at radius 3 is 3.07 bits per heavy atom. The van der Waals surface area contributed by atoms with E-state index in [9.17, 15) is 9.90 Å². The van der Waals surface area contributed by atoms with Crippen LogP contribution in [-0.4, -0.2) is 51.7 Å². The molecule has 0 saturated carbocycles. The lowest BCUT2D eigenvalue weighted by Gasteiger charge is -2.35. The van der Waals surface area contributed by atoms with Gasteiger partial charge in [-0.15, -0.1) is 0 Å². The molecule has 1 atom stereocenters. The van der Waals surface area contributed by atoms with Crippen LogP contribution in [0, 0.1) is 0 Å². The normalized spacial score (nSPS) is 17.4. The number of aromatic nitrogens is 3. The van der Waals surface area contributed by atoms with Gasteiger partial charge in [0.2, 0.25) is 0 Å². The van der Waals surface area contributed by atoms with Gasteiger partial charge in [-0.3, -0.25) is 10.3 Å². The van der Waals surface area contributed by atoms with Crippen LogP contribution >= 0.6 is 15.9 Å². The summed E-state index contributed by atoms with van der Waals surface area (Å²) in [6, 6.07) is 1.70. The number of carbonyl (C=O) groups is 1. The molecule has 10 heteroatoms. The van der Waals surface area contributed by atoms with Crippen molar-refractivity contribution in [3.63, 3.8) is 0 Å². The molecule has 1 aliphatic rings. The number of fused-ring (bicyclic) bond motifs is 1. The van der Waals surface area contributed by atoms with Gasteiger partial charge in [0.1, 0.15) is 17.4 Å². The molecule has 0 aliphatic carbocycles. The summed E-state index contributed by atoms with van der Waals surface area (Å²) in [6.45, 7) is 7.70. The Balaban J connectivity index is 1.95. The van der Waals surface area contributed by atoms with Gasteiger partial charge in [0.05, 0.1) is 29.5 Å². The van der Waals surface area contributed by atoms with E-state index in [2.05, 4.69) is 54.5 Å². The largest absolute Gasteiger partial charge is 0.418 e. The Hall–Kier alpha value is -2.72. The van der Waals surface area contributed by atoms with Crippen molar-refractivity contribution < 1.29 is 14.6 Å². The van der Waals surface area contributed by atoms with Crippen LogP contribution < -0.4 is 10.2 Å². The van der Waals surface area contributed by atoms with Gasteiger partial charge in [-0.25, -0.2) is 9.78 Å². The second kappa shape index (κ2) is 8.98. The predicted molar refractivity (Wildman–Crippen MR) is 111 cm³/mol. The second-order valence-electron chi connectivity index (χ2n) is 6.19. The third kappa shape index (κ3) is 4.23. The minimum Gasteiger partial charge on any atom is -0.408 e. The monoisotopic (exact) mass is 448 g/mol. The molecule has 3 heterocycles. The van der Waals surface area contributed by atoms with Crippen molar-refractivity contribution in [1.29, 1.82) is 0 Å². The molecule has 1 saturated heterocycles. The van der Waals surface area contributed by atoms with Gasteiger partial charge in [-0.05, 0) is 48.0 Å². The highest BCUT2D eigenvalue weighted by Crippen LogP contribution is 2.28. The molecule has 2 aromatic heterocycles. The number of halogens is 1. The number of anilines is 2. The van der Waals surface area contributed by atoms with Crippen molar-refractivity contribution in [3.8, 4) is 0 Å². The highest BCUT2D eigenvalue weighted by Gasteiger charge is 2.25. The number of hydrogen-bond donors (Lipinski definition) is 2. The van der Waals surface area contributed by atoms with E-state index in [1.807, 2.05) is 0 Å². The average Bonchev–Trinajstić information content (AvgIpc) is 3.08. The molecular formula is C18H21BrN6O3. The molecule has 3 rings (SSSR count). The summed E-state index contributed by atoms with van der Waals surface area (Å²) in [5.74, 6) is 1.19. The number of nitrogens with one attached hydrogen (secondary N) is 1. The quantitative estimate of drug-likeness (QED) is 0.399. The molecular weight excluding hydrogens is 428 g/mol. The van der Waals surface area contributed by atoms with E-state index in [1.54, 1.807) is 12.3 Å². The van der Waals surface area contributed by atoms with E-state index in [4.69, 9.17) is 4.74 Å². The number of aliphatic hydroxyl groups is 1. The van der Waals surface area contributed by atoms with E-state index >= 15 is 0 Å². The second-order valence-corrected chi connectivity index (χ2v) is 7.04. The van der Waals surface area contributed by atoms with Crippen molar-refractivity contribution in [2.24, 2.45) is 4.99 Å². The van der Waals surface area contributed by atoms with E-state index < -0.39 is 6.09 Å². The predicted octanol–water partition coefficient (Wildman–Crippen LogP) is 3.12. The summed E-state index contributed by atoms with van der Waals surface area (Å²) >= 11 is 3.43. The first kappa shape index (κ1) is 20.0. The van der Waals surface area contributed by atoms with Crippen LogP contribution in [0.2, 0.25) is 0 Å². The lowest BCUT2D eigenvalue weighted by atomic mass is 10.0. The number of ether oxygens (including phenoxy) is 1. The lowest BCUT2D eigenvalue weighted by molar-refractivity contribution is 0.194. The van der Waals surface area contributed by atoms with Gasteiger partial charge in [0.25, 0.3) is 0 Å². The van der Waals surface area contributed by atoms with E-state index in [0.717, 1.165) is 25.8 Å². The fraction of sp³-hybridized carbons (Fsp3) is 0.333. The van der Waals surface area contributed by atoms with Crippen molar-refractivity contribution in [2.45, 2.75) is 25.3 Å². The van der Waals surface area contributed by atoms with Crippen LogP contribution in [0.1, 0.15) is 19.3 Å². The number of piperidine rings is 1. The van der Waals surface area contributed by atoms with Crippen LogP contribution in [0.4, 0.5) is 16.4 Å². The maximum Gasteiger partial charge on any atom is 0.418 e. The molecule has 148 valence electrons. The lowest BCUT2D eigenvalue weighted by Crippen LogP contribution is -2.42. The van der Waals surface area contributed by atoms with Crippen molar-refractivity contribution in [2.75, 3.05) is 23.4 Å². The van der Waals surface area contributed by atoms with Crippen LogP contribution in [0.5, 0.6) is 0 Å². The molecule has 1 aliphatic heterocycles. The Morgan fingerprint density at radius 2 is 2.36 bits per heavy atom. The molecule has 0 radical (unpaired) electrons. The first-order chi connectivity index (χ1) is 13.6. The fourth-order valence-electron chi connectivity index (χ4n) is 3.10. The Bertz CT molecular complexity index is 925. The zero-order valence-corrected chi connectivity index (χ0v) is 16.8. The topological polar surface area (TPSA) is 104 Å². The summed E-state index contributed by atoms with van der Waals surface area (Å²) in [4.78, 5) is 22.6. The first-order valence-electron chi connectivity index (χ1n) is 8.76. The van der Waals surface area contributed by atoms with Crippen LogP contribution in [0.3, 0.4) is 0 Å². The van der Waals surface area contributed by atoms with Gasteiger partial charge < -0.3 is 14.7 Å². The number of nitrogens with zero attached hydrogens (tertiary/aromatic N) is 5. The van der Waals surface area contributed by atoms with Gasteiger partial charge in [-0.1, -0.05) is 6.58 Å². The van der Waals surface area contributed by atoms with Gasteiger partial charge in [-0.2, -0.15) is 9.61 Å². The number of amides is 1. The third-order valence-corrected chi connectivity index (χ3v) is 4.97. The Morgan fingerprint density at radius 1 is 1.54 bits per heavy atom. The molecule has 28 heavy (non-hydrogen) atoms. The first-order valence-corrected chi connectivity index (χ1v) is 9.55. The highest BCUT2D eigenvalue weighted by atomic mass is 79.9. The summed E-state index contributed by atoms with van der Waals surface area (Å²) in [5.41, 5.74) is 0.544. The number of allylic oxidation sites excluding steroid dienone is 1. The molecule has 0 bridgehead atoms. The van der Waals surface area contributed by atoms with Crippen molar-refractivity contribution in [3.05, 3.63) is 41.4 Å². The molecule has 2 aromatic rings. The van der Waals surface area contributed by atoms with Gasteiger partial charge >= 0.3 is 6.09 Å². The van der Waals surface area contributed by atoms with Crippen LogP contribution in [-0.2, 0) is 4.74 Å². The summed E-state index contributed by atoms with van der Waals surface area (Å²) in [6.07, 6.45) is 6.46. The molecule has 0 spiro atoms. The molecule has 2 N–H and O–H groups in total. The Kier molecular flexibility index (Phi) is 6.42. The summed E-state index contributed by atoms with van der Waals surface area (Å²) in [7, 11) is 0. The minimum atomic E-state index is -0.725. The zero-order chi connectivity index (χ0) is 20.1. The smallest absolute Gasteiger partial charge is 0.408 e. The molecule has 1 fully saturated rings. The SMILES string of the molecule is C=C/C(=C\N=C)OC(=O)Nc1cc(N2CCCCC2CO)nc2c(Br)cnn12. The average molecular weight is 449 g/mol. The van der Waals surface area contributed by atoms with Gasteiger partial charge in [0, 0.05) is 12.6 Å². The van der Waals surface area contributed by atoms with Crippen molar-refractivity contribution in [1.82, 2.24) is 14.6 Å². The van der Waals surface area contributed by atoms with Crippen molar-refractivity contribution >= 4 is 46.0 Å². The third-order valence-electron chi connectivity index (χ3n) is 4.41. The van der Waals surface area contributed by atoms with E-state index in [1.165, 1.54) is 16.8 Å². The maximum atomic E-state index is 12.3. The van der Waals surface area contributed by atoms with Crippen LogP contribution in [0.15, 0.2) is 46.3 Å². The minimum absolute atomic E-state index is 0.0147. The molecule has 0 aromatic carbocycles. The number of aliphatic imine (C=N–C) groups is 1. The molecule has 1 amide bonds. The molecule has 1 unspecified atom stereocenters. The standard InChI is InChI=1S/C18H21BrN6O3/c1-3-13(9-20-2)28-18(27)23-16-8-15(22-17-14(19)10-21-25(16)17)24-7-5-4-6-12(24)11-26/h3,8-10,12,26H,1-2,4-7,11H2,(H,23,27)/b13-9+. The summed E-state index contributed by atoms with van der Waals surface area (Å²) in [5, 5.41) is 16.6. The van der Waals surface area contributed by atoms with Gasteiger partial charge in [0.15, 0.2) is 5.65 Å². The Labute approximate surface area is 170 Å². The van der Waals surface area contributed by atoms with E-state index in [0.29, 0.717) is 21.8 Å². The number of carbonyl (C=O) groups excluding carboxylic acids is 1. The van der Waals surface area contributed by atoms with E-state index in [-0.39, 0.29) is 18.4 Å². The zero-order valence-electron chi connectivity index (χ0n) is 15.2. The number of hydrogen-bond acceptors (Lipinski definition) is 7. The van der Waals surface area contributed by atoms with Crippen LogP contribution in [0.25, 0.3) is 5.65 Å². The highest BCUT2D eigenvalue weighted by molar-refractivity contribution is 9.10. The summed E-state index contributed by atoms with van der Waals surface area (Å²) < 4.78 is 7.34.